The predicted molar refractivity (Wildman–Crippen MR) is 98.0 cm³/mol. The summed E-state index contributed by atoms with van der Waals surface area (Å²) in [5, 5.41) is 0. The first-order valence-corrected chi connectivity index (χ1v) is 11.6. The molecule has 2 heterocycles. The van der Waals surface area contributed by atoms with Crippen molar-refractivity contribution in [1.29, 1.82) is 0 Å². The van der Waals surface area contributed by atoms with E-state index in [1.54, 1.807) is 0 Å². The van der Waals surface area contributed by atoms with Crippen LogP contribution >= 0.6 is 0 Å². The fourth-order valence-electron chi connectivity index (χ4n) is 2.67. The van der Waals surface area contributed by atoms with E-state index in [1.165, 1.54) is 18.2 Å². The number of rotatable bonds is 5. The number of fused-ring (bicyclic) bond motifs is 1. The van der Waals surface area contributed by atoms with Crippen molar-refractivity contribution in [3.63, 3.8) is 0 Å². The first-order chi connectivity index (χ1) is 13.7. The zero-order valence-electron chi connectivity index (χ0n) is 15.3. The number of imidazole rings is 1. The summed E-state index contributed by atoms with van der Waals surface area (Å²) < 4.78 is 103. The zero-order chi connectivity index (χ0) is 22.5. The lowest BCUT2D eigenvalue weighted by Crippen LogP contribution is -2.36. The molecule has 9 nitrogen and oxygen atoms in total. The lowest BCUT2D eigenvalue weighted by molar-refractivity contribution is -0.144. The Balaban J connectivity index is 2.34. The fraction of sp³-hybridized carbons (Fsp3) is 0.267. The number of hydrogen-bond acceptors (Lipinski definition) is 7. The SMILES string of the molecule is CS(=O)(=O)N(c1nc(C(F)(F)F)nc2c1ncn2Cc1ccccc1F)S(C)(=O)=O. The molecule has 0 bridgehead atoms. The normalized spacial score (nSPS) is 13.0. The maximum atomic E-state index is 14.0. The van der Waals surface area contributed by atoms with Crippen molar-refractivity contribution in [2.45, 2.75) is 12.7 Å². The highest BCUT2D eigenvalue weighted by molar-refractivity contribution is 8.09. The molecule has 0 atom stereocenters. The first kappa shape index (κ1) is 21.9. The number of aromatic nitrogens is 4. The average Bonchev–Trinajstić information content (AvgIpc) is 2.97. The van der Waals surface area contributed by atoms with Crippen LogP contribution in [0.5, 0.6) is 0 Å². The van der Waals surface area contributed by atoms with E-state index in [1.807, 2.05) is 0 Å². The molecule has 0 aliphatic rings. The van der Waals surface area contributed by atoms with Crippen LogP contribution in [0, 0.1) is 5.82 Å². The number of nitrogens with zero attached hydrogens (tertiary/aromatic N) is 5. The molecular formula is C15H13F4N5O4S2. The Morgan fingerprint density at radius 3 is 2.17 bits per heavy atom. The largest absolute Gasteiger partial charge is 0.451 e. The molecule has 0 unspecified atom stereocenters. The summed E-state index contributed by atoms with van der Waals surface area (Å²) in [4.78, 5) is 10.3. The van der Waals surface area contributed by atoms with Crippen molar-refractivity contribution >= 4 is 37.0 Å². The summed E-state index contributed by atoms with van der Waals surface area (Å²) in [7, 11) is -9.21. The molecule has 0 radical (unpaired) electrons. The minimum atomic E-state index is -5.13. The molecule has 3 aromatic rings. The summed E-state index contributed by atoms with van der Waals surface area (Å²) >= 11 is 0. The van der Waals surface area contributed by atoms with Gasteiger partial charge in [-0.05, 0) is 6.07 Å². The predicted octanol–water partition coefficient (Wildman–Crippen LogP) is 1.76. The van der Waals surface area contributed by atoms with Crippen LogP contribution in [0.1, 0.15) is 11.4 Å². The van der Waals surface area contributed by atoms with Gasteiger partial charge in [-0.25, -0.2) is 36.2 Å². The number of halogens is 4. The molecule has 30 heavy (non-hydrogen) atoms. The Labute approximate surface area is 168 Å². The number of sulfonamides is 2. The van der Waals surface area contributed by atoms with Crippen molar-refractivity contribution in [2.75, 3.05) is 16.2 Å². The van der Waals surface area contributed by atoms with E-state index in [2.05, 4.69) is 15.0 Å². The second kappa shape index (κ2) is 7.16. The number of alkyl halides is 3. The van der Waals surface area contributed by atoms with E-state index in [9.17, 15) is 34.4 Å². The van der Waals surface area contributed by atoms with Crippen molar-refractivity contribution in [3.05, 3.63) is 47.8 Å². The molecule has 0 amide bonds. The van der Waals surface area contributed by atoms with E-state index >= 15 is 0 Å². The Morgan fingerprint density at radius 2 is 1.63 bits per heavy atom. The van der Waals surface area contributed by atoms with E-state index in [-0.39, 0.29) is 15.8 Å². The van der Waals surface area contributed by atoms with E-state index in [0.29, 0.717) is 12.5 Å². The third kappa shape index (κ3) is 4.21. The topological polar surface area (TPSA) is 115 Å². The van der Waals surface area contributed by atoms with Gasteiger partial charge in [0.2, 0.25) is 25.9 Å². The molecule has 3 rings (SSSR count). The van der Waals surface area contributed by atoms with E-state index in [4.69, 9.17) is 0 Å². The van der Waals surface area contributed by atoms with Crippen LogP contribution in [0.4, 0.5) is 23.4 Å². The Hall–Kier alpha value is -2.81. The third-order valence-corrected chi connectivity index (χ3v) is 6.95. The standard InChI is InChI=1S/C15H13F4N5O4S2/c1-29(25,26)24(30(2,27)28)13-11-12(21-14(22-13)15(17,18)19)23(8-20-11)7-9-5-3-4-6-10(9)16/h3-6,8H,7H2,1-2H3. The van der Waals surface area contributed by atoms with E-state index in [0.717, 1.165) is 17.0 Å². The van der Waals surface area contributed by atoms with Gasteiger partial charge in [-0.15, -0.1) is 3.71 Å². The Morgan fingerprint density at radius 1 is 1.03 bits per heavy atom. The second-order valence-corrected chi connectivity index (χ2v) is 10.1. The molecule has 0 spiro atoms. The molecule has 1 aromatic carbocycles. The number of anilines is 1. The van der Waals surface area contributed by atoms with Crippen LogP contribution in [0.3, 0.4) is 0 Å². The lowest BCUT2D eigenvalue weighted by atomic mass is 10.2. The minimum absolute atomic E-state index is 0.0913. The summed E-state index contributed by atoms with van der Waals surface area (Å²) in [5.74, 6) is -3.50. The van der Waals surface area contributed by atoms with Crippen molar-refractivity contribution in [1.82, 2.24) is 19.5 Å². The minimum Gasteiger partial charge on any atom is -0.311 e. The van der Waals surface area contributed by atoms with Crippen LogP contribution < -0.4 is 3.71 Å². The van der Waals surface area contributed by atoms with Gasteiger partial charge in [0.15, 0.2) is 17.0 Å². The van der Waals surface area contributed by atoms with Gasteiger partial charge in [0, 0.05) is 5.56 Å². The van der Waals surface area contributed by atoms with Gasteiger partial charge in [0.1, 0.15) is 5.82 Å². The van der Waals surface area contributed by atoms with Crippen LogP contribution in [-0.2, 0) is 32.8 Å². The summed E-state index contributed by atoms with van der Waals surface area (Å²) in [6.07, 6.45) is -3.16. The van der Waals surface area contributed by atoms with Gasteiger partial charge >= 0.3 is 6.18 Å². The molecular weight excluding hydrogens is 454 g/mol. The van der Waals surface area contributed by atoms with Crippen LogP contribution in [0.25, 0.3) is 11.2 Å². The highest BCUT2D eigenvalue weighted by atomic mass is 32.3. The first-order valence-electron chi connectivity index (χ1n) is 7.93. The van der Waals surface area contributed by atoms with Crippen LogP contribution in [0.2, 0.25) is 0 Å². The molecule has 0 aliphatic carbocycles. The second-order valence-electron chi connectivity index (χ2n) is 6.23. The molecule has 15 heteroatoms. The number of benzene rings is 1. The van der Waals surface area contributed by atoms with Gasteiger partial charge in [0.25, 0.3) is 0 Å². The average molecular weight is 467 g/mol. The summed E-state index contributed by atoms with van der Waals surface area (Å²) in [5.41, 5.74) is -0.948. The molecule has 0 aliphatic heterocycles. The fourth-order valence-corrected chi connectivity index (χ4v) is 5.52. The highest BCUT2D eigenvalue weighted by Gasteiger charge is 2.39. The molecule has 0 saturated carbocycles. The Kier molecular flexibility index (Phi) is 5.22. The monoisotopic (exact) mass is 467 g/mol. The molecule has 0 N–H and O–H groups in total. The Bertz CT molecular complexity index is 1300. The maximum absolute atomic E-state index is 14.0. The quantitative estimate of drug-likeness (QED) is 0.525. The molecule has 162 valence electrons. The van der Waals surface area contributed by atoms with Crippen molar-refractivity contribution in [2.24, 2.45) is 0 Å². The van der Waals surface area contributed by atoms with E-state index < -0.39 is 54.8 Å². The molecule has 0 fully saturated rings. The van der Waals surface area contributed by atoms with Crippen molar-refractivity contribution in [3.8, 4) is 0 Å². The van der Waals surface area contributed by atoms with Gasteiger partial charge in [-0.1, -0.05) is 18.2 Å². The number of hydrogen-bond donors (Lipinski definition) is 0. The van der Waals surface area contributed by atoms with Crippen LogP contribution in [0.15, 0.2) is 30.6 Å². The molecule has 2 aromatic heterocycles. The maximum Gasteiger partial charge on any atom is 0.451 e. The summed E-state index contributed by atoms with van der Waals surface area (Å²) in [6, 6.07) is 5.45. The van der Waals surface area contributed by atoms with Crippen molar-refractivity contribution < 1.29 is 34.4 Å². The van der Waals surface area contributed by atoms with Gasteiger partial charge in [-0.2, -0.15) is 13.2 Å². The lowest BCUT2D eigenvalue weighted by Gasteiger charge is -2.19. The van der Waals surface area contributed by atoms with Gasteiger partial charge in [-0.3, -0.25) is 0 Å². The zero-order valence-corrected chi connectivity index (χ0v) is 16.9. The highest BCUT2D eigenvalue weighted by Crippen LogP contribution is 2.33. The third-order valence-electron chi connectivity index (χ3n) is 3.77. The van der Waals surface area contributed by atoms with Gasteiger partial charge in [0.05, 0.1) is 25.4 Å². The van der Waals surface area contributed by atoms with Gasteiger partial charge < -0.3 is 4.57 Å². The smallest absolute Gasteiger partial charge is 0.311 e. The molecule has 0 saturated heterocycles. The van der Waals surface area contributed by atoms with Crippen LogP contribution in [-0.4, -0.2) is 48.9 Å². The summed E-state index contributed by atoms with van der Waals surface area (Å²) in [6.45, 7) is -0.297.